The van der Waals surface area contributed by atoms with Crippen LogP contribution in [-0.4, -0.2) is 25.7 Å². The number of nitrogens with two attached hydrogens (primary N) is 1. The lowest BCUT2D eigenvalue weighted by Gasteiger charge is -2.08. The molecule has 0 unspecified atom stereocenters. The highest BCUT2D eigenvalue weighted by molar-refractivity contribution is 14.0. The summed E-state index contributed by atoms with van der Waals surface area (Å²) in [5.41, 5.74) is 9.22. The molecule has 4 nitrogen and oxygen atoms in total. The van der Waals surface area contributed by atoms with E-state index < -0.39 is 0 Å². The van der Waals surface area contributed by atoms with Crippen LogP contribution in [0.2, 0.25) is 0 Å². The monoisotopic (exact) mass is 363 g/mol. The second-order valence-electron chi connectivity index (χ2n) is 3.89. The quantitative estimate of drug-likeness (QED) is 0.366. The zero-order valence-electron chi connectivity index (χ0n) is 11.2. The first-order valence-corrected chi connectivity index (χ1v) is 5.85. The Hall–Kier alpha value is -0.820. The van der Waals surface area contributed by atoms with Gasteiger partial charge in [0.25, 0.3) is 0 Å². The number of anilines is 1. The number of nitrogens with zero attached hydrogens (tertiary/aromatic N) is 1. The number of hydrogen-bond donors (Lipinski definition) is 2. The molecule has 0 heterocycles. The van der Waals surface area contributed by atoms with Crippen molar-refractivity contribution in [3.8, 4) is 0 Å². The molecule has 0 aliphatic rings. The summed E-state index contributed by atoms with van der Waals surface area (Å²) in [6.45, 7) is 8.01. The number of guanidine groups is 1. The number of aryl methyl sites for hydroxylation is 2. The molecule has 0 radical (unpaired) electrons. The van der Waals surface area contributed by atoms with Gasteiger partial charge in [-0.2, -0.15) is 0 Å². The first-order chi connectivity index (χ1) is 8.13. The SMILES string of the molecule is CCOCCN=C(N)Nc1ccc(C)c(C)c1.I. The highest BCUT2D eigenvalue weighted by atomic mass is 127. The third kappa shape index (κ3) is 6.20. The van der Waals surface area contributed by atoms with Crippen LogP contribution in [0.25, 0.3) is 0 Å². The fourth-order valence-electron chi connectivity index (χ4n) is 1.38. The Kier molecular flexibility index (Phi) is 8.74. The van der Waals surface area contributed by atoms with Gasteiger partial charge in [0.2, 0.25) is 0 Å². The number of ether oxygens (including phenoxy) is 1. The zero-order valence-corrected chi connectivity index (χ0v) is 13.5. The van der Waals surface area contributed by atoms with E-state index in [1.807, 2.05) is 13.0 Å². The molecule has 102 valence electrons. The van der Waals surface area contributed by atoms with Crippen LogP contribution in [0, 0.1) is 13.8 Å². The Morgan fingerprint density at radius 2 is 2.06 bits per heavy atom. The Morgan fingerprint density at radius 1 is 1.33 bits per heavy atom. The maximum absolute atomic E-state index is 5.76. The van der Waals surface area contributed by atoms with E-state index in [1.165, 1.54) is 11.1 Å². The van der Waals surface area contributed by atoms with Crippen LogP contribution in [0.15, 0.2) is 23.2 Å². The van der Waals surface area contributed by atoms with Crippen LogP contribution in [0.1, 0.15) is 18.1 Å². The Bertz CT molecular complexity index is 394. The third-order valence-corrected chi connectivity index (χ3v) is 2.50. The number of rotatable bonds is 5. The first kappa shape index (κ1) is 17.2. The Labute approximate surface area is 126 Å². The van der Waals surface area contributed by atoms with Gasteiger partial charge in [-0.05, 0) is 44.0 Å². The summed E-state index contributed by atoms with van der Waals surface area (Å²) in [7, 11) is 0. The average Bonchev–Trinajstić information content (AvgIpc) is 2.30. The van der Waals surface area contributed by atoms with Crippen LogP contribution in [0.4, 0.5) is 5.69 Å². The minimum atomic E-state index is 0. The van der Waals surface area contributed by atoms with Crippen molar-refractivity contribution in [1.29, 1.82) is 0 Å². The number of aliphatic imine (C=N–C) groups is 1. The number of halogens is 1. The van der Waals surface area contributed by atoms with E-state index in [0.717, 1.165) is 5.69 Å². The van der Waals surface area contributed by atoms with Crippen molar-refractivity contribution in [3.63, 3.8) is 0 Å². The smallest absolute Gasteiger partial charge is 0.193 e. The van der Waals surface area contributed by atoms with E-state index in [2.05, 4.69) is 36.3 Å². The van der Waals surface area contributed by atoms with E-state index >= 15 is 0 Å². The molecule has 0 bridgehead atoms. The fraction of sp³-hybridized carbons (Fsp3) is 0.462. The second-order valence-corrected chi connectivity index (χ2v) is 3.89. The standard InChI is InChI=1S/C13H21N3O.HI/c1-4-17-8-7-15-13(14)16-12-6-5-10(2)11(3)9-12;/h5-6,9H,4,7-8H2,1-3H3,(H3,14,15,16);1H. The molecule has 0 saturated carbocycles. The third-order valence-electron chi connectivity index (χ3n) is 2.50. The Morgan fingerprint density at radius 3 is 2.67 bits per heavy atom. The summed E-state index contributed by atoms with van der Waals surface area (Å²) in [5.74, 6) is 0.424. The van der Waals surface area contributed by atoms with Crippen LogP contribution in [0.5, 0.6) is 0 Å². The number of benzene rings is 1. The van der Waals surface area contributed by atoms with Crippen molar-refractivity contribution in [3.05, 3.63) is 29.3 Å². The molecule has 18 heavy (non-hydrogen) atoms. The van der Waals surface area contributed by atoms with Gasteiger partial charge in [-0.25, -0.2) is 0 Å². The van der Waals surface area contributed by atoms with Crippen molar-refractivity contribution < 1.29 is 4.74 Å². The molecule has 0 amide bonds. The minimum Gasteiger partial charge on any atom is -0.380 e. The molecule has 0 aromatic heterocycles. The average molecular weight is 363 g/mol. The highest BCUT2D eigenvalue weighted by Crippen LogP contribution is 2.13. The number of hydrogen-bond acceptors (Lipinski definition) is 2. The van der Waals surface area contributed by atoms with Gasteiger partial charge < -0.3 is 15.8 Å². The van der Waals surface area contributed by atoms with E-state index in [-0.39, 0.29) is 24.0 Å². The van der Waals surface area contributed by atoms with Crippen molar-refractivity contribution in [2.24, 2.45) is 10.7 Å². The highest BCUT2D eigenvalue weighted by Gasteiger charge is 1.97. The summed E-state index contributed by atoms with van der Waals surface area (Å²) in [5, 5.41) is 3.06. The summed E-state index contributed by atoms with van der Waals surface area (Å²) < 4.78 is 5.18. The van der Waals surface area contributed by atoms with E-state index in [0.29, 0.717) is 25.7 Å². The summed E-state index contributed by atoms with van der Waals surface area (Å²) in [6.07, 6.45) is 0. The van der Waals surface area contributed by atoms with Crippen LogP contribution >= 0.6 is 24.0 Å². The van der Waals surface area contributed by atoms with Gasteiger partial charge in [0.1, 0.15) is 0 Å². The molecular formula is C13H22IN3O. The molecule has 5 heteroatoms. The van der Waals surface area contributed by atoms with Gasteiger partial charge in [-0.1, -0.05) is 6.07 Å². The fourth-order valence-corrected chi connectivity index (χ4v) is 1.38. The summed E-state index contributed by atoms with van der Waals surface area (Å²) in [4.78, 5) is 4.17. The maximum Gasteiger partial charge on any atom is 0.193 e. The van der Waals surface area contributed by atoms with Crippen molar-refractivity contribution >= 4 is 35.6 Å². The van der Waals surface area contributed by atoms with E-state index in [4.69, 9.17) is 10.5 Å². The largest absolute Gasteiger partial charge is 0.380 e. The van der Waals surface area contributed by atoms with Gasteiger partial charge in [0.15, 0.2) is 5.96 Å². The predicted octanol–water partition coefficient (Wildman–Crippen LogP) is 2.68. The molecule has 0 aliphatic heterocycles. The predicted molar refractivity (Wildman–Crippen MR) is 87.9 cm³/mol. The molecule has 0 fully saturated rings. The zero-order chi connectivity index (χ0) is 12.7. The topological polar surface area (TPSA) is 59.6 Å². The minimum absolute atomic E-state index is 0. The number of nitrogens with one attached hydrogen (secondary N) is 1. The van der Waals surface area contributed by atoms with Crippen molar-refractivity contribution in [2.75, 3.05) is 25.1 Å². The van der Waals surface area contributed by atoms with Gasteiger partial charge in [-0.3, -0.25) is 4.99 Å². The summed E-state index contributed by atoms with van der Waals surface area (Å²) >= 11 is 0. The lowest BCUT2D eigenvalue weighted by atomic mass is 10.1. The second kappa shape index (κ2) is 9.16. The van der Waals surface area contributed by atoms with Crippen molar-refractivity contribution in [1.82, 2.24) is 0 Å². The molecule has 0 spiro atoms. The van der Waals surface area contributed by atoms with Gasteiger partial charge in [-0.15, -0.1) is 24.0 Å². The van der Waals surface area contributed by atoms with Crippen molar-refractivity contribution in [2.45, 2.75) is 20.8 Å². The van der Waals surface area contributed by atoms with Crippen LogP contribution in [-0.2, 0) is 4.74 Å². The molecule has 1 aromatic carbocycles. The van der Waals surface area contributed by atoms with E-state index in [9.17, 15) is 0 Å². The maximum atomic E-state index is 5.76. The first-order valence-electron chi connectivity index (χ1n) is 5.85. The van der Waals surface area contributed by atoms with Gasteiger partial charge in [0, 0.05) is 12.3 Å². The molecule has 3 N–H and O–H groups in total. The van der Waals surface area contributed by atoms with E-state index in [1.54, 1.807) is 0 Å². The lowest BCUT2D eigenvalue weighted by Crippen LogP contribution is -2.23. The molecule has 1 aromatic rings. The van der Waals surface area contributed by atoms with Gasteiger partial charge in [0.05, 0.1) is 13.2 Å². The molecule has 0 atom stereocenters. The molecule has 1 rings (SSSR count). The Balaban J connectivity index is 0.00000289. The normalized spacial score (nSPS) is 10.9. The molecule has 0 aliphatic carbocycles. The van der Waals surface area contributed by atoms with Crippen LogP contribution < -0.4 is 11.1 Å². The lowest BCUT2D eigenvalue weighted by molar-refractivity contribution is 0.156. The van der Waals surface area contributed by atoms with Gasteiger partial charge >= 0.3 is 0 Å². The molecule has 0 saturated heterocycles. The van der Waals surface area contributed by atoms with Crippen LogP contribution in [0.3, 0.4) is 0 Å². The summed E-state index contributed by atoms with van der Waals surface area (Å²) in [6, 6.07) is 6.11. The molecular weight excluding hydrogens is 341 g/mol.